The Morgan fingerprint density at radius 3 is 2.58 bits per heavy atom. The van der Waals surface area contributed by atoms with Gasteiger partial charge in [0.25, 0.3) is 5.91 Å². The third kappa shape index (κ3) is 6.23. The van der Waals surface area contributed by atoms with E-state index >= 15 is 0 Å². The lowest BCUT2D eigenvalue weighted by Crippen LogP contribution is -2.36. The molecule has 3 rings (SSSR count). The average Bonchev–Trinajstić information content (AvgIpc) is 3.21. The summed E-state index contributed by atoms with van der Waals surface area (Å²) in [5, 5.41) is 9.33. The summed E-state index contributed by atoms with van der Waals surface area (Å²) in [6, 6.07) is 14.5. The third-order valence-electron chi connectivity index (χ3n) is 4.49. The zero-order valence-corrected chi connectivity index (χ0v) is 17.4. The number of carbonyl (C=O) groups excluding carboxylic acids is 1. The third-order valence-corrected chi connectivity index (χ3v) is 4.49. The molecule has 2 aromatic heterocycles. The average molecular weight is 423 g/mol. The summed E-state index contributed by atoms with van der Waals surface area (Å²) in [6.07, 6.45) is 3.46. The molecule has 0 aliphatic carbocycles. The molecule has 1 N–H and O–H groups in total. The van der Waals surface area contributed by atoms with Crippen molar-refractivity contribution in [2.24, 2.45) is 0 Å². The largest absolute Gasteiger partial charge is 0.480 e. The number of benzene rings is 1. The second-order valence-electron chi connectivity index (χ2n) is 6.94. The summed E-state index contributed by atoms with van der Waals surface area (Å²) >= 11 is 0. The van der Waals surface area contributed by atoms with E-state index in [9.17, 15) is 14.7 Å². The minimum absolute atomic E-state index is 0.0373. The predicted octanol–water partition coefficient (Wildman–Crippen LogP) is 3.78. The highest BCUT2D eigenvalue weighted by atomic mass is 16.5. The molecule has 0 saturated heterocycles. The summed E-state index contributed by atoms with van der Waals surface area (Å²) < 4.78 is 11.5. The fraction of sp³-hybridized carbons (Fsp3) is 0.304. The fourth-order valence-corrected chi connectivity index (χ4v) is 2.93. The highest BCUT2D eigenvalue weighted by Crippen LogP contribution is 2.24. The van der Waals surface area contributed by atoms with Crippen molar-refractivity contribution in [1.82, 2.24) is 14.9 Å². The van der Waals surface area contributed by atoms with E-state index in [0.29, 0.717) is 17.9 Å². The van der Waals surface area contributed by atoms with Gasteiger partial charge in [-0.3, -0.25) is 14.6 Å². The van der Waals surface area contributed by atoms with Crippen LogP contribution in [0.1, 0.15) is 41.7 Å². The van der Waals surface area contributed by atoms with Crippen LogP contribution in [0, 0.1) is 0 Å². The van der Waals surface area contributed by atoms with Gasteiger partial charge in [-0.15, -0.1) is 0 Å². The van der Waals surface area contributed by atoms with E-state index in [-0.39, 0.29) is 30.5 Å². The Labute approximate surface area is 180 Å². The second-order valence-corrected chi connectivity index (χ2v) is 6.94. The number of carbonyl (C=O) groups is 2. The van der Waals surface area contributed by atoms with Gasteiger partial charge < -0.3 is 19.2 Å². The number of ether oxygens (including phenoxy) is 1. The summed E-state index contributed by atoms with van der Waals surface area (Å²) in [5.74, 6) is -1.12. The first kappa shape index (κ1) is 22.2. The number of nitrogens with zero attached hydrogens (tertiary/aromatic N) is 3. The molecule has 8 heteroatoms. The smallest absolute Gasteiger partial charge is 0.323 e. The summed E-state index contributed by atoms with van der Waals surface area (Å²) in [4.78, 5) is 34.5. The molecule has 0 bridgehead atoms. The van der Waals surface area contributed by atoms with Crippen molar-refractivity contribution in [3.05, 3.63) is 71.9 Å². The molecule has 0 fully saturated rings. The number of pyridine rings is 1. The van der Waals surface area contributed by atoms with E-state index in [1.807, 2.05) is 30.3 Å². The Kier molecular flexibility index (Phi) is 7.89. The quantitative estimate of drug-likeness (QED) is 0.468. The molecule has 31 heavy (non-hydrogen) atoms. The van der Waals surface area contributed by atoms with E-state index < -0.39 is 18.4 Å². The van der Waals surface area contributed by atoms with Gasteiger partial charge in [0.2, 0.25) is 5.89 Å². The first-order valence-electron chi connectivity index (χ1n) is 10.1. The van der Waals surface area contributed by atoms with Crippen LogP contribution in [0.15, 0.2) is 59.1 Å². The number of carboxylic acid groups (broad SMARTS) is 1. The van der Waals surface area contributed by atoms with Crippen LogP contribution in [0.2, 0.25) is 0 Å². The summed E-state index contributed by atoms with van der Waals surface area (Å²) in [6.45, 7) is 2.21. The van der Waals surface area contributed by atoms with Crippen molar-refractivity contribution < 1.29 is 23.8 Å². The molecule has 1 amide bonds. The Morgan fingerprint density at radius 2 is 1.90 bits per heavy atom. The van der Waals surface area contributed by atoms with Gasteiger partial charge in [-0.2, -0.15) is 0 Å². The number of oxazole rings is 1. The van der Waals surface area contributed by atoms with E-state index in [1.165, 1.54) is 4.90 Å². The van der Waals surface area contributed by atoms with Crippen molar-refractivity contribution in [1.29, 1.82) is 0 Å². The van der Waals surface area contributed by atoms with Gasteiger partial charge in [-0.1, -0.05) is 37.6 Å². The zero-order valence-electron chi connectivity index (χ0n) is 17.4. The lowest BCUT2D eigenvalue weighted by molar-refractivity contribution is -0.137. The van der Waals surface area contributed by atoms with Gasteiger partial charge >= 0.3 is 5.97 Å². The molecule has 162 valence electrons. The molecule has 1 aromatic carbocycles. The van der Waals surface area contributed by atoms with Crippen LogP contribution < -0.4 is 0 Å². The van der Waals surface area contributed by atoms with Crippen LogP contribution >= 0.6 is 0 Å². The van der Waals surface area contributed by atoms with Crippen molar-refractivity contribution in [3.8, 4) is 11.5 Å². The van der Waals surface area contributed by atoms with E-state index in [1.54, 1.807) is 24.4 Å². The molecule has 0 aliphatic rings. The van der Waals surface area contributed by atoms with Crippen LogP contribution in [-0.4, -0.2) is 45.0 Å². The number of hydrogen-bond acceptors (Lipinski definition) is 6. The zero-order chi connectivity index (χ0) is 22.1. The van der Waals surface area contributed by atoms with Crippen LogP contribution in [0.25, 0.3) is 11.5 Å². The van der Waals surface area contributed by atoms with Crippen molar-refractivity contribution >= 4 is 11.9 Å². The second kappa shape index (κ2) is 11.0. The molecule has 0 spiro atoms. The minimum Gasteiger partial charge on any atom is -0.480 e. The van der Waals surface area contributed by atoms with Crippen molar-refractivity contribution in [2.45, 2.75) is 32.9 Å². The Hall–Kier alpha value is -3.52. The van der Waals surface area contributed by atoms with Gasteiger partial charge in [-0.05, 0) is 30.7 Å². The molecule has 8 nitrogen and oxygen atoms in total. The van der Waals surface area contributed by atoms with E-state index in [4.69, 9.17) is 9.15 Å². The standard InChI is InChI=1S/C23H25N3O5/c1-2-3-13-30-16-19-21(25-22(31-19)17-9-5-4-6-10-17)23(29)26(15-20(27)28)14-18-11-7-8-12-24-18/h4-12H,2-3,13-16H2,1H3,(H,27,28). The van der Waals surface area contributed by atoms with Crippen LogP contribution in [0.5, 0.6) is 0 Å². The Bertz CT molecular complexity index is 989. The monoisotopic (exact) mass is 423 g/mol. The molecule has 0 aliphatic heterocycles. The molecule has 3 aromatic rings. The lowest BCUT2D eigenvalue weighted by atomic mass is 10.2. The lowest BCUT2D eigenvalue weighted by Gasteiger charge is -2.19. The molecule has 2 heterocycles. The molecular formula is C23H25N3O5. The topological polar surface area (TPSA) is 106 Å². The Balaban J connectivity index is 1.90. The number of aliphatic carboxylic acids is 1. The number of unbranched alkanes of at least 4 members (excludes halogenated alkanes) is 1. The maximum atomic E-state index is 13.3. The highest BCUT2D eigenvalue weighted by molar-refractivity contribution is 5.95. The SMILES string of the molecule is CCCCOCc1oc(-c2ccccc2)nc1C(=O)N(CC(=O)O)Cc1ccccn1. The molecule has 0 saturated carbocycles. The molecular weight excluding hydrogens is 398 g/mol. The first-order valence-corrected chi connectivity index (χ1v) is 10.1. The number of aromatic nitrogens is 2. The van der Waals surface area contributed by atoms with Crippen LogP contribution in [0.4, 0.5) is 0 Å². The van der Waals surface area contributed by atoms with Gasteiger partial charge in [-0.25, -0.2) is 4.98 Å². The Morgan fingerprint density at radius 1 is 1.13 bits per heavy atom. The molecule has 0 radical (unpaired) electrons. The number of rotatable bonds is 11. The van der Waals surface area contributed by atoms with Gasteiger partial charge in [0.1, 0.15) is 13.2 Å². The highest BCUT2D eigenvalue weighted by Gasteiger charge is 2.27. The van der Waals surface area contributed by atoms with Crippen molar-refractivity contribution in [3.63, 3.8) is 0 Å². The van der Waals surface area contributed by atoms with Crippen LogP contribution in [-0.2, 0) is 22.7 Å². The molecule has 0 atom stereocenters. The van der Waals surface area contributed by atoms with Gasteiger partial charge in [0.05, 0.1) is 12.2 Å². The number of carboxylic acids is 1. The predicted molar refractivity (Wildman–Crippen MR) is 113 cm³/mol. The van der Waals surface area contributed by atoms with Crippen molar-refractivity contribution in [2.75, 3.05) is 13.2 Å². The van der Waals surface area contributed by atoms with Gasteiger partial charge in [0.15, 0.2) is 11.5 Å². The van der Waals surface area contributed by atoms with E-state index in [0.717, 1.165) is 12.8 Å². The fourth-order valence-electron chi connectivity index (χ4n) is 2.93. The van der Waals surface area contributed by atoms with Gasteiger partial charge in [0, 0.05) is 18.4 Å². The van der Waals surface area contributed by atoms with Crippen LogP contribution in [0.3, 0.4) is 0 Å². The molecule has 0 unspecified atom stereocenters. The maximum Gasteiger partial charge on any atom is 0.323 e. The first-order chi connectivity index (χ1) is 15.1. The normalized spacial score (nSPS) is 10.7. The van der Waals surface area contributed by atoms with E-state index in [2.05, 4.69) is 16.9 Å². The summed E-state index contributed by atoms with van der Waals surface area (Å²) in [7, 11) is 0. The summed E-state index contributed by atoms with van der Waals surface area (Å²) in [5.41, 5.74) is 1.34. The number of amides is 1. The number of hydrogen-bond donors (Lipinski definition) is 1. The maximum absolute atomic E-state index is 13.3. The minimum atomic E-state index is -1.13.